The van der Waals surface area contributed by atoms with E-state index in [1.807, 2.05) is 54.6 Å². The van der Waals surface area contributed by atoms with Crippen LogP contribution in [0.5, 0.6) is 0 Å². The van der Waals surface area contributed by atoms with Crippen molar-refractivity contribution >= 4 is 27.7 Å². The maximum Gasteiger partial charge on any atom is 0.243 e. The summed E-state index contributed by atoms with van der Waals surface area (Å²) in [5.41, 5.74) is 2.21. The van der Waals surface area contributed by atoms with Gasteiger partial charge in [0.25, 0.3) is 0 Å². The molecular weight excluding hydrogens is 519 g/mol. The summed E-state index contributed by atoms with van der Waals surface area (Å²) in [6.45, 7) is 0.260. The maximum absolute atomic E-state index is 14.4. The van der Waals surface area contributed by atoms with E-state index in [0.717, 1.165) is 41.3 Å². The van der Waals surface area contributed by atoms with Crippen LogP contribution < -0.4 is 5.32 Å². The fourth-order valence-electron chi connectivity index (χ4n) is 4.79. The molecule has 0 aromatic heterocycles. The zero-order valence-corrected chi connectivity index (χ0v) is 21.9. The quantitative estimate of drug-likeness (QED) is 0.343. The summed E-state index contributed by atoms with van der Waals surface area (Å²) in [5, 5.41) is 3.23. The fraction of sp³-hybridized carbons (Fsp3) is 0.333. The van der Waals surface area contributed by atoms with Gasteiger partial charge in [0.2, 0.25) is 11.8 Å². The van der Waals surface area contributed by atoms with Crippen LogP contribution in [0.2, 0.25) is 0 Å². The number of rotatable bonds is 9. The van der Waals surface area contributed by atoms with Gasteiger partial charge in [0.1, 0.15) is 11.9 Å². The van der Waals surface area contributed by atoms with E-state index in [4.69, 9.17) is 0 Å². The van der Waals surface area contributed by atoms with Crippen molar-refractivity contribution in [2.45, 2.75) is 63.6 Å². The van der Waals surface area contributed by atoms with Crippen molar-refractivity contribution in [1.82, 2.24) is 10.2 Å². The molecular formula is C30H32BrFN2O2. The second-order valence-corrected chi connectivity index (χ2v) is 10.4. The lowest BCUT2D eigenvalue weighted by atomic mass is 9.94. The van der Waals surface area contributed by atoms with Crippen molar-refractivity contribution in [2.24, 2.45) is 0 Å². The molecule has 1 aliphatic carbocycles. The molecule has 36 heavy (non-hydrogen) atoms. The lowest BCUT2D eigenvalue weighted by Crippen LogP contribution is -2.53. The van der Waals surface area contributed by atoms with Crippen LogP contribution in [0.3, 0.4) is 0 Å². The van der Waals surface area contributed by atoms with Crippen LogP contribution in [0, 0.1) is 5.82 Å². The van der Waals surface area contributed by atoms with E-state index in [9.17, 15) is 14.0 Å². The highest BCUT2D eigenvalue weighted by molar-refractivity contribution is 9.10. The van der Waals surface area contributed by atoms with E-state index in [0.29, 0.717) is 12.0 Å². The van der Waals surface area contributed by atoms with Crippen LogP contribution in [0.15, 0.2) is 83.3 Å². The maximum atomic E-state index is 14.4. The topological polar surface area (TPSA) is 49.4 Å². The number of hydrogen-bond donors (Lipinski definition) is 1. The van der Waals surface area contributed by atoms with Crippen LogP contribution in [-0.4, -0.2) is 28.8 Å². The fourth-order valence-corrected chi connectivity index (χ4v) is 5.06. The first-order valence-corrected chi connectivity index (χ1v) is 13.4. The van der Waals surface area contributed by atoms with Crippen molar-refractivity contribution in [3.05, 3.63) is 106 Å². The van der Waals surface area contributed by atoms with Gasteiger partial charge in [0.05, 0.1) is 6.42 Å². The Morgan fingerprint density at radius 1 is 0.889 bits per heavy atom. The summed E-state index contributed by atoms with van der Waals surface area (Å²) in [6, 6.07) is 23.2. The minimum atomic E-state index is -0.711. The van der Waals surface area contributed by atoms with Crippen molar-refractivity contribution in [2.75, 3.05) is 0 Å². The van der Waals surface area contributed by atoms with Crippen LogP contribution in [-0.2, 0) is 29.0 Å². The molecule has 0 radical (unpaired) electrons. The van der Waals surface area contributed by atoms with Crippen molar-refractivity contribution < 1.29 is 14.0 Å². The molecule has 0 spiro atoms. The van der Waals surface area contributed by atoms with Gasteiger partial charge in [-0.1, -0.05) is 95.9 Å². The molecule has 188 valence electrons. The summed E-state index contributed by atoms with van der Waals surface area (Å²) in [4.78, 5) is 29.1. The summed E-state index contributed by atoms with van der Waals surface area (Å²) in [5.74, 6) is -0.840. The first kappa shape index (κ1) is 26.1. The number of amides is 2. The first-order valence-electron chi connectivity index (χ1n) is 12.6. The number of benzene rings is 3. The SMILES string of the molecule is O=C(NC1CCCCC1)C(Cc1ccccc1)N(Cc1ccc(Br)cc1)C(=O)Cc1ccccc1F. The Morgan fingerprint density at radius 2 is 1.56 bits per heavy atom. The third-order valence-electron chi connectivity index (χ3n) is 6.79. The van der Waals surface area contributed by atoms with Gasteiger partial charge in [-0.2, -0.15) is 0 Å². The Labute approximate surface area is 221 Å². The summed E-state index contributed by atoms with van der Waals surface area (Å²) in [7, 11) is 0. The molecule has 4 nitrogen and oxygen atoms in total. The molecule has 1 saturated carbocycles. The summed E-state index contributed by atoms with van der Waals surface area (Å²) >= 11 is 3.46. The molecule has 3 aromatic carbocycles. The highest BCUT2D eigenvalue weighted by Gasteiger charge is 2.32. The average molecular weight is 552 g/mol. The number of hydrogen-bond acceptors (Lipinski definition) is 2. The Morgan fingerprint density at radius 3 is 2.25 bits per heavy atom. The van der Waals surface area contributed by atoms with Gasteiger partial charge in [-0.25, -0.2) is 4.39 Å². The van der Waals surface area contributed by atoms with Crippen molar-refractivity contribution in [3.8, 4) is 0 Å². The standard InChI is InChI=1S/C30H32BrFN2O2/c31-25-17-15-23(16-18-25)21-34(29(35)20-24-11-7-8-14-27(24)32)28(19-22-9-3-1-4-10-22)30(36)33-26-12-5-2-6-13-26/h1,3-4,7-11,14-18,26,28H,2,5-6,12-13,19-21H2,(H,33,36). The number of carbonyl (C=O) groups is 2. The van der Waals surface area contributed by atoms with Crippen LogP contribution >= 0.6 is 15.9 Å². The molecule has 3 aromatic rings. The van der Waals surface area contributed by atoms with Gasteiger partial charge >= 0.3 is 0 Å². The first-order chi connectivity index (χ1) is 17.5. The van der Waals surface area contributed by atoms with E-state index in [2.05, 4.69) is 21.2 Å². The van der Waals surface area contributed by atoms with E-state index < -0.39 is 11.9 Å². The van der Waals surface area contributed by atoms with E-state index in [-0.39, 0.29) is 30.8 Å². The number of nitrogens with one attached hydrogen (secondary N) is 1. The summed E-state index contributed by atoms with van der Waals surface area (Å²) < 4.78 is 15.4. The van der Waals surface area contributed by atoms with Gasteiger partial charge < -0.3 is 10.2 Å². The largest absolute Gasteiger partial charge is 0.352 e. The molecule has 1 aliphatic rings. The lowest BCUT2D eigenvalue weighted by molar-refractivity contribution is -0.141. The molecule has 0 heterocycles. The van der Waals surface area contributed by atoms with Gasteiger partial charge in [0.15, 0.2) is 0 Å². The number of nitrogens with zero attached hydrogens (tertiary/aromatic N) is 1. The molecule has 1 fully saturated rings. The van der Waals surface area contributed by atoms with Crippen molar-refractivity contribution in [1.29, 1.82) is 0 Å². The monoisotopic (exact) mass is 550 g/mol. The Balaban J connectivity index is 1.65. The third kappa shape index (κ3) is 7.26. The molecule has 6 heteroatoms. The predicted molar refractivity (Wildman–Crippen MR) is 144 cm³/mol. The normalized spacial score (nSPS) is 14.7. The van der Waals surface area contributed by atoms with E-state index in [1.165, 1.54) is 12.5 Å². The second-order valence-electron chi connectivity index (χ2n) is 9.47. The van der Waals surface area contributed by atoms with E-state index in [1.54, 1.807) is 23.1 Å². The molecule has 0 aliphatic heterocycles. The molecule has 1 unspecified atom stereocenters. The molecule has 1 atom stereocenters. The minimum Gasteiger partial charge on any atom is -0.352 e. The molecule has 4 rings (SSSR count). The van der Waals surface area contributed by atoms with Crippen LogP contribution in [0.25, 0.3) is 0 Å². The van der Waals surface area contributed by atoms with Gasteiger partial charge in [-0.15, -0.1) is 0 Å². The highest BCUT2D eigenvalue weighted by atomic mass is 79.9. The van der Waals surface area contributed by atoms with Crippen LogP contribution in [0.1, 0.15) is 48.8 Å². The average Bonchev–Trinajstić information content (AvgIpc) is 2.89. The molecule has 0 bridgehead atoms. The molecule has 1 N–H and O–H groups in total. The zero-order valence-electron chi connectivity index (χ0n) is 20.3. The number of carbonyl (C=O) groups excluding carboxylic acids is 2. The minimum absolute atomic E-state index is 0.106. The zero-order chi connectivity index (χ0) is 25.3. The molecule has 0 saturated heterocycles. The van der Waals surface area contributed by atoms with E-state index >= 15 is 0 Å². The Kier molecular flexibility index (Phi) is 9.29. The number of halogens is 2. The predicted octanol–water partition coefficient (Wildman–Crippen LogP) is 6.22. The van der Waals surface area contributed by atoms with Gasteiger partial charge in [0, 0.05) is 23.5 Å². The smallest absolute Gasteiger partial charge is 0.243 e. The Hall–Kier alpha value is -2.99. The lowest BCUT2D eigenvalue weighted by Gasteiger charge is -2.33. The second kappa shape index (κ2) is 12.8. The molecule has 2 amide bonds. The highest BCUT2D eigenvalue weighted by Crippen LogP contribution is 2.21. The van der Waals surface area contributed by atoms with Gasteiger partial charge in [-0.05, 0) is 47.7 Å². The van der Waals surface area contributed by atoms with Crippen molar-refractivity contribution in [3.63, 3.8) is 0 Å². The van der Waals surface area contributed by atoms with Gasteiger partial charge in [-0.3, -0.25) is 9.59 Å². The Bertz CT molecular complexity index is 1150. The summed E-state index contributed by atoms with van der Waals surface area (Å²) in [6.07, 6.45) is 5.59. The van der Waals surface area contributed by atoms with Crippen LogP contribution in [0.4, 0.5) is 4.39 Å². The third-order valence-corrected chi connectivity index (χ3v) is 7.32.